The predicted octanol–water partition coefficient (Wildman–Crippen LogP) is 1.71. The van der Waals surface area contributed by atoms with Gasteiger partial charge in [-0.1, -0.05) is 25.0 Å². The number of rotatable bonds is 6. The number of hydrogen-bond donors (Lipinski definition) is 1. The molecule has 1 amide bonds. The van der Waals surface area contributed by atoms with Gasteiger partial charge in [0.2, 0.25) is 9.84 Å². The molecular formula is C15H17F2N5O3S. The van der Waals surface area contributed by atoms with E-state index in [-0.39, 0.29) is 18.2 Å². The number of nitrogens with zero attached hydrogens (tertiary/aromatic N) is 4. The van der Waals surface area contributed by atoms with Gasteiger partial charge in [0.25, 0.3) is 5.91 Å². The van der Waals surface area contributed by atoms with E-state index in [9.17, 15) is 22.0 Å². The Morgan fingerprint density at radius 1 is 1.27 bits per heavy atom. The molecule has 0 bridgehead atoms. The second-order valence-corrected chi connectivity index (χ2v) is 7.85. The third-order valence-electron chi connectivity index (χ3n) is 4.31. The summed E-state index contributed by atoms with van der Waals surface area (Å²) in [6.45, 7) is -0.0363. The monoisotopic (exact) mass is 385 g/mol. The number of hydrogen-bond acceptors (Lipinski definition) is 6. The van der Waals surface area contributed by atoms with Crippen LogP contribution in [0.15, 0.2) is 29.2 Å². The lowest BCUT2D eigenvalue weighted by Crippen LogP contribution is -2.27. The van der Waals surface area contributed by atoms with Crippen LogP contribution in [0.25, 0.3) is 0 Å². The van der Waals surface area contributed by atoms with Crippen molar-refractivity contribution in [1.82, 2.24) is 25.5 Å². The van der Waals surface area contributed by atoms with Crippen molar-refractivity contribution in [3.63, 3.8) is 0 Å². The van der Waals surface area contributed by atoms with Crippen molar-refractivity contribution in [2.75, 3.05) is 0 Å². The normalized spacial score (nSPS) is 15.5. The van der Waals surface area contributed by atoms with Crippen LogP contribution in [-0.2, 0) is 16.4 Å². The molecular weight excluding hydrogens is 368 g/mol. The Balaban J connectivity index is 1.77. The number of amides is 1. The summed E-state index contributed by atoms with van der Waals surface area (Å²) >= 11 is 0. The van der Waals surface area contributed by atoms with Crippen molar-refractivity contribution in [3.8, 4) is 0 Å². The molecule has 0 atom stereocenters. The van der Waals surface area contributed by atoms with Crippen LogP contribution in [0.2, 0.25) is 0 Å². The van der Waals surface area contributed by atoms with E-state index >= 15 is 0 Å². The molecule has 1 fully saturated rings. The fourth-order valence-corrected chi connectivity index (χ4v) is 3.94. The van der Waals surface area contributed by atoms with E-state index < -0.39 is 26.4 Å². The maximum Gasteiger partial charge on any atom is 0.341 e. The van der Waals surface area contributed by atoms with Gasteiger partial charge in [0.1, 0.15) is 0 Å². The molecule has 1 heterocycles. The van der Waals surface area contributed by atoms with Gasteiger partial charge >= 0.3 is 5.76 Å². The number of benzene rings is 1. The molecule has 1 aliphatic rings. The number of carbonyl (C=O) groups excluding carboxylic acids is 1. The molecule has 3 rings (SSSR count). The Bertz CT molecular complexity index is 894. The molecule has 2 aromatic rings. The lowest BCUT2D eigenvalue weighted by Gasteiger charge is -2.13. The summed E-state index contributed by atoms with van der Waals surface area (Å²) in [5.41, 5.74) is -0.340. The second-order valence-electron chi connectivity index (χ2n) is 5.96. The molecule has 0 unspecified atom stereocenters. The van der Waals surface area contributed by atoms with Gasteiger partial charge in [-0.15, -0.1) is 5.10 Å². The van der Waals surface area contributed by atoms with E-state index in [0.29, 0.717) is 5.82 Å². The predicted molar refractivity (Wildman–Crippen MR) is 86.1 cm³/mol. The lowest BCUT2D eigenvalue weighted by molar-refractivity contribution is 0.0945. The minimum Gasteiger partial charge on any atom is -0.345 e. The smallest absolute Gasteiger partial charge is 0.341 e. The van der Waals surface area contributed by atoms with E-state index in [4.69, 9.17) is 0 Å². The minimum absolute atomic E-state index is 0.0363. The molecule has 1 N–H and O–H groups in total. The van der Waals surface area contributed by atoms with Gasteiger partial charge in [0.05, 0.1) is 23.0 Å². The number of aromatic nitrogens is 4. The average Bonchev–Trinajstić information content (AvgIpc) is 3.30. The van der Waals surface area contributed by atoms with Gasteiger partial charge < -0.3 is 5.32 Å². The van der Waals surface area contributed by atoms with E-state index in [1.165, 1.54) is 18.2 Å². The van der Waals surface area contributed by atoms with Crippen LogP contribution in [0, 0.1) is 0 Å². The number of sulfone groups is 1. The number of halogens is 2. The largest absolute Gasteiger partial charge is 0.345 e. The van der Waals surface area contributed by atoms with Crippen molar-refractivity contribution in [3.05, 3.63) is 35.7 Å². The van der Waals surface area contributed by atoms with Crippen molar-refractivity contribution < 1.29 is 22.0 Å². The number of tetrazole rings is 1. The van der Waals surface area contributed by atoms with Crippen LogP contribution < -0.4 is 5.32 Å². The minimum atomic E-state index is -4.89. The molecule has 8 nitrogen and oxygen atoms in total. The third-order valence-corrected chi connectivity index (χ3v) is 5.75. The highest BCUT2D eigenvalue weighted by Gasteiger charge is 2.31. The Hall–Kier alpha value is -2.43. The fraction of sp³-hybridized carbons (Fsp3) is 0.467. The van der Waals surface area contributed by atoms with Crippen molar-refractivity contribution >= 4 is 15.7 Å². The van der Waals surface area contributed by atoms with Crippen molar-refractivity contribution in [2.24, 2.45) is 0 Å². The first-order valence-electron chi connectivity index (χ1n) is 8.07. The lowest BCUT2D eigenvalue weighted by atomic mass is 10.2. The maximum atomic E-state index is 12.8. The van der Waals surface area contributed by atoms with Crippen LogP contribution in [0.4, 0.5) is 8.78 Å². The Morgan fingerprint density at radius 2 is 1.96 bits per heavy atom. The highest BCUT2D eigenvalue weighted by molar-refractivity contribution is 7.91. The van der Waals surface area contributed by atoms with Gasteiger partial charge in [0.15, 0.2) is 5.82 Å². The van der Waals surface area contributed by atoms with Gasteiger partial charge in [-0.3, -0.25) is 4.79 Å². The first-order valence-corrected chi connectivity index (χ1v) is 9.62. The molecule has 1 aromatic heterocycles. The summed E-state index contributed by atoms with van der Waals surface area (Å²) in [5.74, 6) is -3.96. The molecule has 1 saturated carbocycles. The summed E-state index contributed by atoms with van der Waals surface area (Å²) in [6, 6.07) is 5.03. The standard InChI is InChI=1S/C15H17F2N5O3S/c16-15(17)26(24,25)12-8-4-3-7-11(12)14(23)18-9-13-19-20-21-22(13)10-5-1-2-6-10/h3-4,7-8,10,15H,1-2,5-6,9H2,(H,18,23). The number of nitrogens with one attached hydrogen (secondary N) is 1. The SMILES string of the molecule is O=C(NCc1nnnn1C1CCCC1)c1ccccc1S(=O)(=O)C(F)F. The molecule has 26 heavy (non-hydrogen) atoms. The van der Waals surface area contributed by atoms with E-state index in [0.717, 1.165) is 31.7 Å². The molecule has 1 aromatic carbocycles. The van der Waals surface area contributed by atoms with E-state index in [1.807, 2.05) is 0 Å². The van der Waals surface area contributed by atoms with Crippen LogP contribution in [0.3, 0.4) is 0 Å². The molecule has 0 spiro atoms. The zero-order chi connectivity index (χ0) is 18.7. The van der Waals surface area contributed by atoms with Crippen LogP contribution in [-0.4, -0.2) is 40.3 Å². The Labute approximate surface area is 148 Å². The average molecular weight is 385 g/mol. The maximum absolute atomic E-state index is 12.8. The Morgan fingerprint density at radius 3 is 2.65 bits per heavy atom. The van der Waals surface area contributed by atoms with E-state index in [1.54, 1.807) is 4.68 Å². The summed E-state index contributed by atoms with van der Waals surface area (Å²) in [4.78, 5) is 11.7. The zero-order valence-corrected chi connectivity index (χ0v) is 14.5. The van der Waals surface area contributed by atoms with Crippen LogP contribution >= 0.6 is 0 Å². The molecule has 0 saturated heterocycles. The summed E-state index contributed by atoms with van der Waals surface area (Å²) in [6.07, 6.45) is 4.05. The zero-order valence-electron chi connectivity index (χ0n) is 13.7. The Kier molecular flexibility index (Phi) is 5.25. The highest BCUT2D eigenvalue weighted by Crippen LogP contribution is 2.29. The quantitative estimate of drug-likeness (QED) is 0.811. The van der Waals surface area contributed by atoms with Gasteiger partial charge in [-0.2, -0.15) is 8.78 Å². The first kappa shape index (κ1) is 18.4. The molecule has 0 aliphatic heterocycles. The van der Waals surface area contributed by atoms with Gasteiger partial charge in [0, 0.05) is 0 Å². The van der Waals surface area contributed by atoms with Crippen LogP contribution in [0.1, 0.15) is 47.9 Å². The highest BCUT2D eigenvalue weighted by atomic mass is 32.2. The van der Waals surface area contributed by atoms with Crippen LogP contribution in [0.5, 0.6) is 0 Å². The second kappa shape index (κ2) is 7.44. The van der Waals surface area contributed by atoms with Gasteiger partial charge in [-0.25, -0.2) is 13.1 Å². The van der Waals surface area contributed by atoms with E-state index in [2.05, 4.69) is 20.8 Å². The summed E-state index contributed by atoms with van der Waals surface area (Å²) < 4.78 is 50.8. The molecule has 1 aliphatic carbocycles. The summed E-state index contributed by atoms with van der Waals surface area (Å²) in [5, 5.41) is 13.9. The molecule has 140 valence electrons. The van der Waals surface area contributed by atoms with Gasteiger partial charge in [-0.05, 0) is 35.4 Å². The molecule has 0 radical (unpaired) electrons. The van der Waals surface area contributed by atoms with Crippen molar-refractivity contribution in [1.29, 1.82) is 0 Å². The molecule has 11 heteroatoms. The number of carbonyl (C=O) groups is 1. The topological polar surface area (TPSA) is 107 Å². The third kappa shape index (κ3) is 3.57. The first-order chi connectivity index (χ1) is 12.4. The fourth-order valence-electron chi connectivity index (χ4n) is 3.01. The summed E-state index contributed by atoms with van der Waals surface area (Å²) in [7, 11) is -4.89. The number of alkyl halides is 2. The van der Waals surface area contributed by atoms with Crippen molar-refractivity contribution in [2.45, 2.75) is 48.9 Å².